The molecule has 2 atom stereocenters. The molecular weight excluding hydrogens is 484 g/mol. The topological polar surface area (TPSA) is 146 Å². The van der Waals surface area contributed by atoms with Gasteiger partial charge in [0, 0.05) is 6.42 Å². The lowest BCUT2D eigenvalue weighted by Crippen LogP contribution is -2.52. The number of ether oxygens (including phenoxy) is 4. The lowest BCUT2D eigenvalue weighted by Gasteiger charge is -2.22. The molecule has 0 aliphatic carbocycles. The number of esters is 2. The van der Waals surface area contributed by atoms with E-state index in [1.54, 1.807) is 30.3 Å². The lowest BCUT2D eigenvalue weighted by atomic mass is 9.99. The highest BCUT2D eigenvalue weighted by atomic mass is 16.6. The summed E-state index contributed by atoms with van der Waals surface area (Å²) in [6, 6.07) is 11.6. The van der Waals surface area contributed by atoms with Crippen molar-refractivity contribution in [2.75, 3.05) is 27.9 Å². The summed E-state index contributed by atoms with van der Waals surface area (Å²) in [5.74, 6) is -2.17. The molecule has 11 heteroatoms. The molecular formula is C26H30N2O9. The van der Waals surface area contributed by atoms with Crippen molar-refractivity contribution in [3.63, 3.8) is 0 Å². The van der Waals surface area contributed by atoms with Gasteiger partial charge < -0.3 is 29.6 Å². The number of hydrogen-bond acceptors (Lipinski definition) is 9. The second-order valence-corrected chi connectivity index (χ2v) is 7.94. The standard InChI is InChI=1S/C26H30N2O9/c1-16(29)20(27-24(31)21(28-26(33)36-4)13-17-8-6-5-7-9-17)14-18-10-11-22(37-15-23(30)34-2)19(12-18)25(32)35-3/h5-12,20-21H,13-15H2,1-4H3,(H,27,31)(H,28,33). The Morgan fingerprint density at radius 3 is 2.05 bits per heavy atom. The van der Waals surface area contributed by atoms with Crippen molar-refractivity contribution in [2.24, 2.45) is 0 Å². The van der Waals surface area contributed by atoms with Crippen molar-refractivity contribution in [2.45, 2.75) is 31.8 Å². The van der Waals surface area contributed by atoms with E-state index in [1.165, 1.54) is 40.4 Å². The first-order chi connectivity index (χ1) is 17.7. The smallest absolute Gasteiger partial charge is 0.407 e. The molecule has 0 radical (unpaired) electrons. The van der Waals surface area contributed by atoms with Gasteiger partial charge in [0.05, 0.1) is 27.4 Å². The molecule has 2 unspecified atom stereocenters. The highest BCUT2D eigenvalue weighted by Crippen LogP contribution is 2.22. The van der Waals surface area contributed by atoms with Crippen LogP contribution in [0.15, 0.2) is 48.5 Å². The molecule has 0 bridgehead atoms. The molecule has 11 nitrogen and oxygen atoms in total. The third-order valence-electron chi connectivity index (χ3n) is 5.35. The minimum Gasteiger partial charge on any atom is -0.481 e. The first-order valence-electron chi connectivity index (χ1n) is 11.3. The fourth-order valence-electron chi connectivity index (χ4n) is 3.36. The summed E-state index contributed by atoms with van der Waals surface area (Å²) in [5, 5.41) is 5.16. The van der Waals surface area contributed by atoms with Crippen LogP contribution in [0.25, 0.3) is 0 Å². The van der Waals surface area contributed by atoms with Crippen LogP contribution >= 0.6 is 0 Å². The molecule has 0 fully saturated rings. The van der Waals surface area contributed by atoms with Crippen LogP contribution in [0.1, 0.15) is 28.4 Å². The van der Waals surface area contributed by atoms with Crippen molar-refractivity contribution >= 4 is 29.7 Å². The summed E-state index contributed by atoms with van der Waals surface area (Å²) >= 11 is 0. The van der Waals surface area contributed by atoms with E-state index in [0.717, 1.165) is 5.56 Å². The van der Waals surface area contributed by atoms with Gasteiger partial charge in [-0.1, -0.05) is 36.4 Å². The van der Waals surface area contributed by atoms with Crippen molar-refractivity contribution in [3.05, 3.63) is 65.2 Å². The Bertz CT molecular complexity index is 1120. The molecule has 0 saturated heterocycles. The van der Waals surface area contributed by atoms with Gasteiger partial charge in [0.15, 0.2) is 12.4 Å². The second-order valence-electron chi connectivity index (χ2n) is 7.94. The van der Waals surface area contributed by atoms with Gasteiger partial charge in [0.2, 0.25) is 5.91 Å². The molecule has 2 amide bonds. The van der Waals surface area contributed by atoms with Crippen LogP contribution in [-0.4, -0.2) is 69.7 Å². The summed E-state index contributed by atoms with van der Waals surface area (Å²) in [6.07, 6.45) is -0.579. The van der Waals surface area contributed by atoms with Gasteiger partial charge in [0.1, 0.15) is 17.4 Å². The van der Waals surface area contributed by atoms with Crippen LogP contribution in [0.2, 0.25) is 0 Å². The summed E-state index contributed by atoms with van der Waals surface area (Å²) in [7, 11) is 3.58. The van der Waals surface area contributed by atoms with Gasteiger partial charge >= 0.3 is 18.0 Å². The monoisotopic (exact) mass is 514 g/mol. The predicted octanol–water partition coefficient (Wildman–Crippen LogP) is 1.61. The van der Waals surface area contributed by atoms with Gasteiger partial charge in [-0.2, -0.15) is 0 Å². The Balaban J connectivity index is 2.23. The number of alkyl carbamates (subject to hydrolysis) is 1. The molecule has 2 aromatic rings. The molecule has 0 saturated carbocycles. The molecule has 0 heterocycles. The Morgan fingerprint density at radius 1 is 0.784 bits per heavy atom. The maximum Gasteiger partial charge on any atom is 0.407 e. The van der Waals surface area contributed by atoms with Gasteiger partial charge in [-0.3, -0.25) is 9.59 Å². The SMILES string of the molecule is COC(=O)COc1ccc(CC(NC(=O)C(Cc2ccccc2)NC(=O)OC)C(C)=O)cc1C(=O)OC. The fourth-order valence-corrected chi connectivity index (χ4v) is 3.36. The van der Waals surface area contributed by atoms with Crippen LogP contribution < -0.4 is 15.4 Å². The largest absolute Gasteiger partial charge is 0.481 e. The lowest BCUT2D eigenvalue weighted by molar-refractivity contribution is -0.143. The van der Waals surface area contributed by atoms with Gasteiger partial charge in [-0.15, -0.1) is 0 Å². The summed E-state index contributed by atoms with van der Waals surface area (Å²) in [6.45, 7) is 0.905. The van der Waals surface area contributed by atoms with Crippen LogP contribution in [0.3, 0.4) is 0 Å². The van der Waals surface area contributed by atoms with Crippen LogP contribution in [0.4, 0.5) is 4.79 Å². The molecule has 198 valence electrons. The zero-order valence-electron chi connectivity index (χ0n) is 21.1. The highest BCUT2D eigenvalue weighted by molar-refractivity contribution is 5.93. The zero-order valence-corrected chi connectivity index (χ0v) is 21.1. The van der Waals surface area contributed by atoms with E-state index in [1.807, 2.05) is 6.07 Å². The fraction of sp³-hybridized carbons (Fsp3) is 0.346. The number of ketones is 1. The van der Waals surface area contributed by atoms with Crippen molar-refractivity contribution in [3.8, 4) is 5.75 Å². The average molecular weight is 515 g/mol. The predicted molar refractivity (Wildman–Crippen MR) is 131 cm³/mol. The number of benzene rings is 2. The quantitative estimate of drug-likeness (QED) is 0.318. The van der Waals surface area contributed by atoms with Crippen LogP contribution in [0.5, 0.6) is 5.75 Å². The van der Waals surface area contributed by atoms with Crippen LogP contribution in [-0.2, 0) is 41.4 Å². The van der Waals surface area contributed by atoms with E-state index in [4.69, 9.17) is 9.47 Å². The zero-order chi connectivity index (χ0) is 27.4. The van der Waals surface area contributed by atoms with Gasteiger partial charge in [-0.25, -0.2) is 14.4 Å². The first-order valence-corrected chi connectivity index (χ1v) is 11.3. The van der Waals surface area contributed by atoms with E-state index in [9.17, 15) is 24.0 Å². The number of hydrogen-bond donors (Lipinski definition) is 2. The van der Waals surface area contributed by atoms with E-state index in [0.29, 0.717) is 5.56 Å². The summed E-state index contributed by atoms with van der Waals surface area (Å²) < 4.78 is 19.3. The Hall–Kier alpha value is -4.41. The molecule has 0 aromatic heterocycles. The van der Waals surface area contributed by atoms with E-state index >= 15 is 0 Å². The molecule has 0 aliphatic rings. The minimum absolute atomic E-state index is 0.0341. The molecule has 37 heavy (non-hydrogen) atoms. The first kappa shape index (κ1) is 28.8. The second kappa shape index (κ2) is 14.2. The van der Waals surface area contributed by atoms with Gasteiger partial charge in [-0.05, 0) is 36.6 Å². The minimum atomic E-state index is -1.00. The van der Waals surface area contributed by atoms with E-state index < -0.39 is 42.6 Å². The third kappa shape index (κ3) is 8.95. The van der Waals surface area contributed by atoms with E-state index in [-0.39, 0.29) is 29.9 Å². The maximum absolute atomic E-state index is 13.1. The number of carbonyl (C=O) groups excluding carboxylic acids is 5. The van der Waals surface area contributed by atoms with Crippen molar-refractivity contribution in [1.29, 1.82) is 0 Å². The van der Waals surface area contributed by atoms with Crippen LogP contribution in [0, 0.1) is 0 Å². The Kier molecular flexibility index (Phi) is 11.1. The number of rotatable bonds is 12. The van der Waals surface area contributed by atoms with Crippen molar-refractivity contribution < 1.29 is 42.9 Å². The number of methoxy groups -OCH3 is 3. The van der Waals surface area contributed by atoms with Gasteiger partial charge in [0.25, 0.3) is 0 Å². The third-order valence-corrected chi connectivity index (χ3v) is 5.35. The number of Topliss-reactive ketones (excluding diaryl/α,β-unsaturated/α-hetero) is 1. The Morgan fingerprint density at radius 2 is 1.46 bits per heavy atom. The highest BCUT2D eigenvalue weighted by Gasteiger charge is 2.26. The van der Waals surface area contributed by atoms with Crippen molar-refractivity contribution in [1.82, 2.24) is 10.6 Å². The molecule has 0 aliphatic heterocycles. The summed E-state index contributed by atoms with van der Waals surface area (Å²) in [4.78, 5) is 61.0. The molecule has 2 N–H and O–H groups in total. The van der Waals surface area contributed by atoms with E-state index in [2.05, 4.69) is 20.1 Å². The molecule has 2 rings (SSSR count). The number of amides is 2. The Labute approximate surface area is 214 Å². The normalized spacial score (nSPS) is 11.9. The number of carbonyl (C=O) groups is 5. The average Bonchev–Trinajstić information content (AvgIpc) is 2.90. The maximum atomic E-state index is 13.1. The molecule has 2 aromatic carbocycles. The molecule has 0 spiro atoms. The number of nitrogens with one attached hydrogen (secondary N) is 2. The summed E-state index contributed by atoms with van der Waals surface area (Å²) in [5.41, 5.74) is 1.35.